The van der Waals surface area contributed by atoms with E-state index in [4.69, 9.17) is 14.5 Å². The van der Waals surface area contributed by atoms with Crippen LogP contribution in [0.15, 0.2) is 31.0 Å². The minimum Gasteiger partial charge on any atom is -0.374 e. The van der Waals surface area contributed by atoms with E-state index in [1.165, 1.54) is 6.08 Å². The smallest absolute Gasteiger partial charge is 0.280 e. The zero-order valence-corrected chi connectivity index (χ0v) is 25.9. The standard InChI is InChI=1S/C33H38F4N6O3/c1-3-26(44)42-12-10-40(11-13-42)24-17-43-22-14-25(39-28(30(34)35)21(22)15-33(36,37)16-23(24)43)41-8-5-31(6-9-41)27-20(2)4-7-38-29(27)32(46-31)18-45-19-32/h3-4,7,14,23-24,30H,1,5-6,8-13,15-19H2,2H3/t23-,24+/m0/s1. The number of hydrogen-bond acceptors (Lipinski definition) is 8. The first-order chi connectivity index (χ1) is 22.0. The summed E-state index contributed by atoms with van der Waals surface area (Å²) in [5.74, 6) is -2.91. The predicted molar refractivity (Wildman–Crippen MR) is 161 cm³/mol. The Hall–Kier alpha value is -3.29. The largest absolute Gasteiger partial charge is 0.374 e. The number of aryl methyl sites for hydroxylation is 1. The molecule has 9 nitrogen and oxygen atoms in total. The first-order valence-electron chi connectivity index (χ1n) is 16.1. The number of fused-ring (bicyclic) bond motifs is 6. The summed E-state index contributed by atoms with van der Waals surface area (Å²) in [6.45, 7) is 10.1. The summed E-state index contributed by atoms with van der Waals surface area (Å²) in [6.07, 6.45) is 0.155. The topological polar surface area (TPSA) is 74.3 Å². The molecule has 0 bridgehead atoms. The van der Waals surface area contributed by atoms with Crippen LogP contribution < -0.4 is 9.80 Å². The molecule has 8 heterocycles. The number of piperazine rings is 1. The fraction of sp³-hybridized carbons (Fsp3) is 0.606. The third-order valence-corrected chi connectivity index (χ3v) is 11.1. The number of rotatable bonds is 4. The number of hydrogen-bond donors (Lipinski definition) is 0. The van der Waals surface area contributed by atoms with E-state index in [0.29, 0.717) is 83.4 Å². The zero-order chi connectivity index (χ0) is 32.0. The summed E-state index contributed by atoms with van der Waals surface area (Å²) in [5.41, 5.74) is 1.88. The van der Waals surface area contributed by atoms with Crippen molar-refractivity contribution in [3.8, 4) is 0 Å². The molecule has 2 aromatic rings. The maximum Gasteiger partial charge on any atom is 0.280 e. The predicted octanol–water partition coefficient (Wildman–Crippen LogP) is 3.94. The fourth-order valence-corrected chi connectivity index (χ4v) is 8.68. The number of ether oxygens (including phenoxy) is 2. The van der Waals surface area contributed by atoms with Crippen molar-refractivity contribution in [2.75, 3.05) is 68.8 Å². The van der Waals surface area contributed by atoms with Crippen LogP contribution in [0.5, 0.6) is 0 Å². The molecule has 6 aliphatic rings. The van der Waals surface area contributed by atoms with E-state index in [2.05, 4.69) is 23.4 Å². The van der Waals surface area contributed by atoms with Gasteiger partial charge in [-0.05, 0) is 37.5 Å². The Morgan fingerprint density at radius 2 is 1.83 bits per heavy atom. The van der Waals surface area contributed by atoms with Crippen LogP contribution in [0.1, 0.15) is 53.8 Å². The number of carbonyl (C=O) groups excluding carboxylic acids is 1. The van der Waals surface area contributed by atoms with Gasteiger partial charge in [-0.25, -0.2) is 22.5 Å². The molecule has 0 saturated carbocycles. The van der Waals surface area contributed by atoms with Gasteiger partial charge in [0.1, 0.15) is 17.1 Å². The molecule has 2 spiro atoms. The van der Waals surface area contributed by atoms with Crippen LogP contribution >= 0.6 is 0 Å². The Bertz CT molecular complexity index is 1570. The van der Waals surface area contributed by atoms with Crippen molar-refractivity contribution in [2.45, 2.75) is 68.2 Å². The van der Waals surface area contributed by atoms with E-state index in [1.54, 1.807) is 17.2 Å². The van der Waals surface area contributed by atoms with Gasteiger partial charge in [-0.15, -0.1) is 0 Å². The molecule has 246 valence electrons. The second-order valence-corrected chi connectivity index (χ2v) is 13.7. The van der Waals surface area contributed by atoms with E-state index < -0.39 is 48.1 Å². The number of aromatic nitrogens is 2. The third kappa shape index (κ3) is 4.56. The van der Waals surface area contributed by atoms with E-state index in [1.807, 2.05) is 15.9 Å². The first kappa shape index (κ1) is 30.1. The minimum absolute atomic E-state index is 0.0544. The van der Waals surface area contributed by atoms with Gasteiger partial charge in [-0.1, -0.05) is 6.58 Å². The Morgan fingerprint density at radius 1 is 1.09 bits per heavy atom. The van der Waals surface area contributed by atoms with Crippen molar-refractivity contribution in [1.29, 1.82) is 0 Å². The van der Waals surface area contributed by atoms with Gasteiger partial charge in [0.2, 0.25) is 5.91 Å². The van der Waals surface area contributed by atoms with Gasteiger partial charge < -0.3 is 24.2 Å². The highest BCUT2D eigenvalue weighted by Gasteiger charge is 2.60. The third-order valence-electron chi connectivity index (χ3n) is 11.1. The molecule has 13 heteroatoms. The number of nitrogens with zero attached hydrogens (tertiary/aromatic N) is 6. The van der Waals surface area contributed by atoms with Crippen molar-refractivity contribution in [2.24, 2.45) is 0 Å². The number of amides is 1. The number of alkyl halides is 4. The molecule has 6 aliphatic heterocycles. The Labute approximate surface area is 265 Å². The minimum atomic E-state index is -3.15. The highest BCUT2D eigenvalue weighted by molar-refractivity contribution is 5.87. The van der Waals surface area contributed by atoms with Gasteiger partial charge in [-0.2, -0.15) is 0 Å². The first-order valence-corrected chi connectivity index (χ1v) is 16.1. The maximum absolute atomic E-state index is 15.5. The SMILES string of the molecule is C=CC(=O)N1CCN([C@@H]2CN3c4cc(N5CCC6(CC5)OC5(COC5)c5nccc(C)c56)nc(C(F)F)c4CC(F)(F)C[C@@H]23)CC1. The van der Waals surface area contributed by atoms with E-state index in [9.17, 15) is 13.6 Å². The lowest BCUT2D eigenvalue weighted by atomic mass is 9.81. The average molecular weight is 643 g/mol. The molecule has 4 saturated heterocycles. The van der Waals surface area contributed by atoms with Crippen molar-refractivity contribution in [1.82, 2.24) is 19.8 Å². The van der Waals surface area contributed by atoms with Crippen LogP contribution in [-0.4, -0.2) is 103 Å². The molecule has 0 aromatic carbocycles. The molecule has 46 heavy (non-hydrogen) atoms. The lowest BCUT2D eigenvalue weighted by Gasteiger charge is -2.55. The molecule has 2 aromatic heterocycles. The summed E-state index contributed by atoms with van der Waals surface area (Å²) >= 11 is 0. The molecule has 0 unspecified atom stereocenters. The summed E-state index contributed by atoms with van der Waals surface area (Å²) in [4.78, 5) is 28.8. The quantitative estimate of drug-likeness (QED) is 0.367. The Morgan fingerprint density at radius 3 is 2.48 bits per heavy atom. The van der Waals surface area contributed by atoms with Gasteiger partial charge in [0.15, 0.2) is 5.60 Å². The molecule has 1 amide bonds. The van der Waals surface area contributed by atoms with Crippen LogP contribution in [0.4, 0.5) is 29.1 Å². The summed E-state index contributed by atoms with van der Waals surface area (Å²) < 4.78 is 72.4. The number of carbonyl (C=O) groups is 1. The molecular formula is C33H38F4N6O3. The molecule has 4 fully saturated rings. The molecule has 0 radical (unpaired) electrons. The Kier molecular flexibility index (Phi) is 6.94. The van der Waals surface area contributed by atoms with Crippen LogP contribution in [0.2, 0.25) is 0 Å². The second-order valence-electron chi connectivity index (χ2n) is 13.7. The lowest BCUT2D eigenvalue weighted by molar-refractivity contribution is -0.260. The lowest BCUT2D eigenvalue weighted by Crippen LogP contribution is -2.70. The summed E-state index contributed by atoms with van der Waals surface area (Å²) in [7, 11) is 0. The van der Waals surface area contributed by atoms with Crippen molar-refractivity contribution in [3.05, 3.63) is 59.1 Å². The molecular weight excluding hydrogens is 604 g/mol. The summed E-state index contributed by atoms with van der Waals surface area (Å²) in [5, 5.41) is 0. The highest BCUT2D eigenvalue weighted by atomic mass is 19.3. The van der Waals surface area contributed by atoms with Crippen molar-refractivity contribution in [3.63, 3.8) is 0 Å². The molecule has 8 rings (SSSR count). The maximum atomic E-state index is 15.5. The van der Waals surface area contributed by atoms with Crippen molar-refractivity contribution >= 4 is 17.4 Å². The van der Waals surface area contributed by atoms with Gasteiger partial charge in [-0.3, -0.25) is 14.7 Å². The number of halogens is 4. The van der Waals surface area contributed by atoms with Gasteiger partial charge >= 0.3 is 0 Å². The second kappa shape index (κ2) is 10.6. The number of anilines is 2. The summed E-state index contributed by atoms with van der Waals surface area (Å²) in [6, 6.07) is 3.06. The molecule has 0 N–H and O–H groups in total. The van der Waals surface area contributed by atoms with E-state index >= 15 is 8.78 Å². The fourth-order valence-electron chi connectivity index (χ4n) is 8.68. The normalized spacial score (nSPS) is 27.5. The highest BCUT2D eigenvalue weighted by Crippen LogP contribution is 2.55. The van der Waals surface area contributed by atoms with Gasteiger partial charge in [0.05, 0.1) is 24.9 Å². The van der Waals surface area contributed by atoms with Crippen molar-refractivity contribution < 1.29 is 31.8 Å². The van der Waals surface area contributed by atoms with Gasteiger partial charge in [0.25, 0.3) is 12.3 Å². The van der Waals surface area contributed by atoms with E-state index in [0.717, 1.165) is 16.8 Å². The molecule has 0 aliphatic carbocycles. The number of piperidine rings is 1. The van der Waals surface area contributed by atoms with E-state index in [-0.39, 0.29) is 17.5 Å². The monoisotopic (exact) mass is 642 g/mol. The van der Waals surface area contributed by atoms with Gasteiger partial charge in [0, 0.05) is 93.8 Å². The van der Waals surface area contributed by atoms with Crippen LogP contribution in [-0.2, 0) is 31.9 Å². The Balaban J connectivity index is 1.06. The zero-order valence-electron chi connectivity index (χ0n) is 25.9. The number of pyridine rings is 2. The molecule has 2 atom stereocenters. The van der Waals surface area contributed by atoms with Crippen LogP contribution in [0.25, 0.3) is 0 Å². The average Bonchev–Trinajstić information content (AvgIpc) is 3.27. The van der Waals surface area contributed by atoms with Crippen LogP contribution in [0, 0.1) is 6.92 Å². The van der Waals surface area contributed by atoms with Crippen LogP contribution in [0.3, 0.4) is 0 Å².